The minimum atomic E-state index is 0.0148. The SMILES string of the molecule is NCCc1c([C@H](CN)c2c[nH]c3cc(Br)ccc23)[nH]c2ccc(O)cc12. The maximum atomic E-state index is 9.90. The second kappa shape index (κ2) is 6.79. The quantitative estimate of drug-likeness (QED) is 0.345. The van der Waals surface area contributed by atoms with Gasteiger partial charge in [0.15, 0.2) is 0 Å². The van der Waals surface area contributed by atoms with E-state index in [1.807, 2.05) is 18.3 Å². The van der Waals surface area contributed by atoms with Crippen LogP contribution in [0, 0.1) is 0 Å². The van der Waals surface area contributed by atoms with E-state index >= 15 is 0 Å². The van der Waals surface area contributed by atoms with Crippen molar-refractivity contribution in [3.05, 3.63) is 63.9 Å². The molecule has 4 aromatic rings. The van der Waals surface area contributed by atoms with Gasteiger partial charge in [-0.25, -0.2) is 0 Å². The first-order chi connectivity index (χ1) is 12.6. The zero-order chi connectivity index (χ0) is 18.3. The largest absolute Gasteiger partial charge is 0.508 e. The van der Waals surface area contributed by atoms with Crippen LogP contribution in [0.2, 0.25) is 0 Å². The monoisotopic (exact) mass is 412 g/mol. The molecule has 0 unspecified atom stereocenters. The van der Waals surface area contributed by atoms with Crippen molar-refractivity contribution in [2.45, 2.75) is 12.3 Å². The standard InChI is InChI=1S/C20H21BrN4O/c21-11-1-3-13-17(10-24-19(13)7-11)16(9-23)20-14(5-6-22)15-8-12(26)2-4-18(15)25-20/h1-4,7-8,10,16,24-26H,5-6,9,22-23H2/t16-/m1/s1. The van der Waals surface area contributed by atoms with Crippen molar-refractivity contribution in [2.75, 3.05) is 13.1 Å². The lowest BCUT2D eigenvalue weighted by Gasteiger charge is -2.16. The maximum Gasteiger partial charge on any atom is 0.116 e. The van der Waals surface area contributed by atoms with Crippen LogP contribution in [0.15, 0.2) is 47.1 Å². The number of benzene rings is 2. The van der Waals surface area contributed by atoms with Gasteiger partial charge in [-0.05, 0) is 54.4 Å². The van der Waals surface area contributed by atoms with Crippen molar-refractivity contribution in [1.82, 2.24) is 9.97 Å². The first-order valence-corrected chi connectivity index (χ1v) is 9.41. The molecule has 0 aliphatic rings. The van der Waals surface area contributed by atoms with E-state index in [9.17, 15) is 5.11 Å². The molecular formula is C20H21BrN4O. The number of hydrogen-bond acceptors (Lipinski definition) is 3. The molecule has 0 fully saturated rings. The van der Waals surface area contributed by atoms with Gasteiger partial charge >= 0.3 is 0 Å². The molecule has 0 radical (unpaired) electrons. The van der Waals surface area contributed by atoms with Crippen LogP contribution in [0.25, 0.3) is 21.8 Å². The van der Waals surface area contributed by atoms with Crippen molar-refractivity contribution in [1.29, 1.82) is 0 Å². The minimum absolute atomic E-state index is 0.0148. The fourth-order valence-electron chi connectivity index (χ4n) is 3.78. The van der Waals surface area contributed by atoms with Gasteiger partial charge in [-0.15, -0.1) is 0 Å². The van der Waals surface area contributed by atoms with Gasteiger partial charge < -0.3 is 26.5 Å². The zero-order valence-corrected chi connectivity index (χ0v) is 15.8. The lowest BCUT2D eigenvalue weighted by Crippen LogP contribution is -2.16. The number of nitrogens with one attached hydrogen (secondary N) is 2. The average Bonchev–Trinajstić information content (AvgIpc) is 3.18. The van der Waals surface area contributed by atoms with Crippen LogP contribution in [-0.2, 0) is 6.42 Å². The molecule has 0 amide bonds. The van der Waals surface area contributed by atoms with E-state index in [-0.39, 0.29) is 11.7 Å². The normalized spacial score (nSPS) is 12.9. The summed E-state index contributed by atoms with van der Waals surface area (Å²) in [6.45, 7) is 1.01. The highest BCUT2D eigenvalue weighted by Crippen LogP contribution is 2.36. The van der Waals surface area contributed by atoms with Crippen molar-refractivity contribution >= 4 is 37.7 Å². The van der Waals surface area contributed by atoms with Crippen LogP contribution < -0.4 is 11.5 Å². The van der Waals surface area contributed by atoms with Gasteiger partial charge in [0.1, 0.15) is 5.75 Å². The van der Waals surface area contributed by atoms with Crippen LogP contribution in [-0.4, -0.2) is 28.2 Å². The molecule has 5 nitrogen and oxygen atoms in total. The first kappa shape index (κ1) is 17.1. The number of hydrogen-bond donors (Lipinski definition) is 5. The predicted octanol–water partition coefficient (Wildman–Crippen LogP) is 3.71. The Bertz CT molecular complexity index is 1080. The van der Waals surface area contributed by atoms with Crippen molar-refractivity contribution in [2.24, 2.45) is 11.5 Å². The zero-order valence-electron chi connectivity index (χ0n) is 14.2. The fourth-order valence-corrected chi connectivity index (χ4v) is 4.14. The Morgan fingerprint density at radius 3 is 2.65 bits per heavy atom. The van der Waals surface area contributed by atoms with Gasteiger partial charge in [-0.3, -0.25) is 0 Å². The lowest BCUT2D eigenvalue weighted by molar-refractivity contribution is 0.476. The Labute approximate surface area is 159 Å². The van der Waals surface area contributed by atoms with Gasteiger partial charge in [0.05, 0.1) is 0 Å². The molecule has 4 rings (SSSR count). The van der Waals surface area contributed by atoms with Gasteiger partial charge in [-0.2, -0.15) is 0 Å². The topological polar surface area (TPSA) is 104 Å². The summed E-state index contributed by atoms with van der Waals surface area (Å²) >= 11 is 3.51. The molecular weight excluding hydrogens is 392 g/mol. The van der Waals surface area contributed by atoms with Gasteiger partial charge in [0, 0.05) is 50.6 Å². The highest BCUT2D eigenvalue weighted by Gasteiger charge is 2.23. The van der Waals surface area contributed by atoms with Crippen LogP contribution in [0.1, 0.15) is 22.7 Å². The highest BCUT2D eigenvalue weighted by atomic mass is 79.9. The molecule has 2 aromatic heterocycles. The van der Waals surface area contributed by atoms with E-state index in [0.717, 1.165) is 49.5 Å². The number of aromatic amines is 2. The summed E-state index contributed by atoms with van der Waals surface area (Å²) in [5.74, 6) is 0.267. The highest BCUT2D eigenvalue weighted by molar-refractivity contribution is 9.10. The number of halogens is 1. The fraction of sp³-hybridized carbons (Fsp3) is 0.200. The Kier molecular flexibility index (Phi) is 4.48. The molecule has 0 aliphatic heterocycles. The molecule has 0 spiro atoms. The Morgan fingerprint density at radius 1 is 1.04 bits per heavy atom. The smallest absolute Gasteiger partial charge is 0.116 e. The number of nitrogens with two attached hydrogens (primary N) is 2. The molecule has 0 saturated heterocycles. The molecule has 7 N–H and O–H groups in total. The van der Waals surface area contributed by atoms with E-state index in [1.54, 1.807) is 12.1 Å². The lowest BCUT2D eigenvalue weighted by atomic mass is 9.91. The third-order valence-corrected chi connectivity index (χ3v) is 5.45. The van der Waals surface area contributed by atoms with Crippen LogP contribution in [0.3, 0.4) is 0 Å². The van der Waals surface area contributed by atoms with E-state index in [4.69, 9.17) is 11.5 Å². The molecule has 2 heterocycles. The number of rotatable bonds is 5. The third kappa shape index (κ3) is 2.80. The van der Waals surface area contributed by atoms with Crippen LogP contribution in [0.4, 0.5) is 0 Å². The molecule has 6 heteroatoms. The number of aromatic hydroxyl groups is 1. The molecule has 2 aromatic carbocycles. The van der Waals surface area contributed by atoms with E-state index in [1.165, 1.54) is 0 Å². The minimum Gasteiger partial charge on any atom is -0.508 e. The summed E-state index contributed by atoms with van der Waals surface area (Å²) in [6.07, 6.45) is 2.76. The molecule has 0 bridgehead atoms. The van der Waals surface area contributed by atoms with Crippen molar-refractivity contribution in [3.63, 3.8) is 0 Å². The molecule has 1 atom stereocenters. The van der Waals surface area contributed by atoms with Gasteiger partial charge in [0.2, 0.25) is 0 Å². The van der Waals surface area contributed by atoms with E-state index in [2.05, 4.69) is 38.0 Å². The van der Waals surface area contributed by atoms with Crippen molar-refractivity contribution in [3.8, 4) is 5.75 Å². The first-order valence-electron chi connectivity index (χ1n) is 8.62. The summed E-state index contributed by atoms with van der Waals surface area (Å²) in [5, 5.41) is 12.1. The summed E-state index contributed by atoms with van der Waals surface area (Å²) in [6, 6.07) is 11.6. The van der Waals surface area contributed by atoms with Gasteiger partial charge in [-0.1, -0.05) is 22.0 Å². The third-order valence-electron chi connectivity index (χ3n) is 4.95. The second-order valence-electron chi connectivity index (χ2n) is 6.51. The van der Waals surface area contributed by atoms with Crippen LogP contribution >= 0.6 is 15.9 Å². The molecule has 26 heavy (non-hydrogen) atoms. The number of phenols is 1. The Balaban J connectivity index is 1.92. The van der Waals surface area contributed by atoms with E-state index < -0.39 is 0 Å². The van der Waals surface area contributed by atoms with Crippen molar-refractivity contribution < 1.29 is 5.11 Å². The molecule has 134 valence electrons. The number of phenolic OH excluding ortho intramolecular Hbond substituents is 1. The summed E-state index contributed by atoms with van der Waals surface area (Å²) in [4.78, 5) is 6.87. The summed E-state index contributed by atoms with van der Waals surface area (Å²) in [7, 11) is 0. The predicted molar refractivity (Wildman–Crippen MR) is 110 cm³/mol. The number of aromatic nitrogens is 2. The number of H-pyrrole nitrogens is 2. The second-order valence-corrected chi connectivity index (χ2v) is 7.42. The number of fused-ring (bicyclic) bond motifs is 2. The Morgan fingerprint density at radius 2 is 1.88 bits per heavy atom. The van der Waals surface area contributed by atoms with Gasteiger partial charge in [0.25, 0.3) is 0 Å². The summed E-state index contributed by atoms with van der Waals surface area (Å²) < 4.78 is 1.03. The molecule has 0 saturated carbocycles. The average molecular weight is 413 g/mol. The van der Waals surface area contributed by atoms with E-state index in [0.29, 0.717) is 13.1 Å². The molecule has 0 aliphatic carbocycles. The Hall–Kier alpha value is -2.28. The van der Waals surface area contributed by atoms with Crippen LogP contribution in [0.5, 0.6) is 5.75 Å². The maximum absolute atomic E-state index is 9.90. The summed E-state index contributed by atoms with van der Waals surface area (Å²) in [5.41, 5.74) is 17.5.